The summed E-state index contributed by atoms with van der Waals surface area (Å²) >= 11 is 0. The Morgan fingerprint density at radius 2 is 1.94 bits per heavy atom. The lowest BCUT2D eigenvalue weighted by molar-refractivity contribution is 0.566. The normalized spacial score (nSPS) is 12.5. The van der Waals surface area contributed by atoms with Gasteiger partial charge in [-0.2, -0.15) is 0 Å². The number of halogens is 1. The third-order valence-electron chi connectivity index (χ3n) is 2.34. The number of hydrogen-bond acceptors (Lipinski definition) is 3. The van der Waals surface area contributed by atoms with Crippen molar-refractivity contribution in [2.75, 3.05) is 4.72 Å². The maximum atomic E-state index is 13.0. The monoisotopic (exact) mass is 260 g/mol. The quantitative estimate of drug-likeness (QED) is 0.870. The van der Waals surface area contributed by atoms with E-state index in [0.29, 0.717) is 11.3 Å². The molecule has 0 aliphatic rings. The molecule has 17 heavy (non-hydrogen) atoms. The summed E-state index contributed by atoms with van der Waals surface area (Å²) in [6, 6.07) is 3.79. The van der Waals surface area contributed by atoms with Crippen LogP contribution in [0.15, 0.2) is 18.2 Å². The van der Waals surface area contributed by atoms with E-state index in [0.717, 1.165) is 0 Å². The van der Waals surface area contributed by atoms with E-state index in [9.17, 15) is 12.8 Å². The summed E-state index contributed by atoms with van der Waals surface area (Å²) in [6.07, 6.45) is 0. The van der Waals surface area contributed by atoms with Gasteiger partial charge in [0.05, 0.1) is 10.4 Å². The van der Waals surface area contributed by atoms with E-state index in [4.69, 9.17) is 5.73 Å². The molecule has 0 fully saturated rings. The third-order valence-corrected chi connectivity index (χ3v) is 4.44. The molecule has 0 atom stereocenters. The lowest BCUT2D eigenvalue weighted by atomic mass is 10.2. The summed E-state index contributed by atoms with van der Waals surface area (Å²) in [5, 5.41) is 0. The van der Waals surface area contributed by atoms with Gasteiger partial charge in [-0.1, -0.05) is 0 Å². The number of sulfonamides is 1. The van der Waals surface area contributed by atoms with Crippen LogP contribution in [0.25, 0.3) is 0 Å². The van der Waals surface area contributed by atoms with E-state index in [1.165, 1.54) is 18.2 Å². The number of hydrogen-bond donors (Lipinski definition) is 2. The van der Waals surface area contributed by atoms with Crippen molar-refractivity contribution >= 4 is 15.7 Å². The number of nitrogens with two attached hydrogens (primary N) is 1. The molecule has 1 aromatic rings. The molecule has 0 heterocycles. The fraction of sp³-hybridized carbons (Fsp3) is 0.455. The molecule has 0 spiro atoms. The van der Waals surface area contributed by atoms with Gasteiger partial charge < -0.3 is 5.73 Å². The zero-order valence-electron chi connectivity index (χ0n) is 10.1. The van der Waals surface area contributed by atoms with Gasteiger partial charge in [-0.25, -0.2) is 12.8 Å². The summed E-state index contributed by atoms with van der Waals surface area (Å²) in [6.45, 7) is 4.82. The summed E-state index contributed by atoms with van der Waals surface area (Å²) in [5.74, 6) is -0.441. The predicted octanol–water partition coefficient (Wildman–Crippen LogP) is 1.82. The van der Waals surface area contributed by atoms with Crippen LogP contribution in [-0.4, -0.2) is 13.2 Å². The van der Waals surface area contributed by atoms with Gasteiger partial charge in [-0.3, -0.25) is 4.72 Å². The van der Waals surface area contributed by atoms with Gasteiger partial charge in [0.25, 0.3) is 0 Å². The Balaban J connectivity index is 3.13. The lowest BCUT2D eigenvalue weighted by Gasteiger charge is -2.21. The zero-order valence-corrected chi connectivity index (χ0v) is 10.9. The van der Waals surface area contributed by atoms with Crippen molar-refractivity contribution < 1.29 is 12.8 Å². The van der Waals surface area contributed by atoms with E-state index in [1.807, 2.05) is 0 Å². The molecular formula is C11H17FN2O2S. The number of nitrogens with one attached hydrogen (secondary N) is 1. The van der Waals surface area contributed by atoms with E-state index in [1.54, 1.807) is 20.8 Å². The Morgan fingerprint density at radius 3 is 2.41 bits per heavy atom. The van der Waals surface area contributed by atoms with Crippen molar-refractivity contribution in [1.29, 1.82) is 0 Å². The highest BCUT2D eigenvalue weighted by atomic mass is 32.2. The molecule has 0 aromatic heterocycles. The number of anilines is 1. The lowest BCUT2D eigenvalue weighted by Crippen LogP contribution is -2.34. The standard InChI is InChI=1S/C11H17FN2O2S/c1-11(2,3)17(15,16)14-10-5-4-9(12)6-8(10)7-13/h4-6,14H,7,13H2,1-3H3. The first kappa shape index (κ1) is 13.9. The van der Waals surface area contributed by atoms with Crippen LogP contribution in [0, 0.1) is 5.82 Å². The van der Waals surface area contributed by atoms with Crippen molar-refractivity contribution in [3.63, 3.8) is 0 Å². The minimum atomic E-state index is -3.52. The van der Waals surface area contributed by atoms with E-state index in [-0.39, 0.29) is 6.54 Å². The summed E-state index contributed by atoms with van der Waals surface area (Å²) in [7, 11) is -3.52. The molecule has 6 heteroatoms. The smallest absolute Gasteiger partial charge is 0.237 e. The molecule has 4 nitrogen and oxygen atoms in total. The molecule has 1 rings (SSSR count). The van der Waals surface area contributed by atoms with E-state index in [2.05, 4.69) is 4.72 Å². The maximum Gasteiger partial charge on any atom is 0.237 e. The highest BCUT2D eigenvalue weighted by molar-refractivity contribution is 7.94. The van der Waals surface area contributed by atoms with Crippen molar-refractivity contribution in [2.45, 2.75) is 32.1 Å². The minimum absolute atomic E-state index is 0.0692. The average molecular weight is 260 g/mol. The summed E-state index contributed by atoms with van der Waals surface area (Å²) in [4.78, 5) is 0. The molecule has 0 bridgehead atoms. The minimum Gasteiger partial charge on any atom is -0.326 e. The topological polar surface area (TPSA) is 72.2 Å². The third kappa shape index (κ3) is 3.17. The Hall–Kier alpha value is -1.14. The zero-order chi connectivity index (χ0) is 13.3. The second-order valence-electron chi connectivity index (χ2n) is 4.72. The van der Waals surface area contributed by atoms with Crippen molar-refractivity contribution in [3.05, 3.63) is 29.6 Å². The largest absolute Gasteiger partial charge is 0.326 e. The SMILES string of the molecule is CC(C)(C)S(=O)(=O)Nc1ccc(F)cc1CN. The Bertz CT molecular complexity index is 507. The average Bonchev–Trinajstić information content (AvgIpc) is 2.18. The molecule has 0 unspecified atom stereocenters. The molecule has 1 aromatic carbocycles. The van der Waals surface area contributed by atoms with Gasteiger partial charge in [0.1, 0.15) is 5.82 Å². The van der Waals surface area contributed by atoms with Crippen LogP contribution in [0.1, 0.15) is 26.3 Å². The van der Waals surface area contributed by atoms with Gasteiger partial charge in [0, 0.05) is 6.54 Å². The second-order valence-corrected chi connectivity index (χ2v) is 7.16. The van der Waals surface area contributed by atoms with Gasteiger partial charge in [0.15, 0.2) is 0 Å². The van der Waals surface area contributed by atoms with E-state index >= 15 is 0 Å². The van der Waals surface area contributed by atoms with Crippen LogP contribution in [0.3, 0.4) is 0 Å². The van der Waals surface area contributed by atoms with Gasteiger partial charge in [-0.05, 0) is 44.5 Å². The van der Waals surface area contributed by atoms with Crippen molar-refractivity contribution in [2.24, 2.45) is 5.73 Å². The molecule has 0 saturated heterocycles. The van der Waals surface area contributed by atoms with Crippen LogP contribution in [-0.2, 0) is 16.6 Å². The van der Waals surface area contributed by atoms with Crippen LogP contribution in [0.4, 0.5) is 10.1 Å². The molecule has 96 valence electrons. The van der Waals surface area contributed by atoms with Gasteiger partial charge in [-0.15, -0.1) is 0 Å². The summed E-state index contributed by atoms with van der Waals surface area (Å²) < 4.78 is 38.3. The fourth-order valence-electron chi connectivity index (χ4n) is 1.13. The highest BCUT2D eigenvalue weighted by Gasteiger charge is 2.29. The van der Waals surface area contributed by atoms with Crippen molar-refractivity contribution in [1.82, 2.24) is 0 Å². The van der Waals surface area contributed by atoms with Gasteiger partial charge in [0.2, 0.25) is 10.0 Å². The number of rotatable bonds is 3. The molecule has 3 N–H and O–H groups in total. The van der Waals surface area contributed by atoms with E-state index < -0.39 is 20.6 Å². The molecule has 0 aliphatic heterocycles. The fourth-order valence-corrected chi connectivity index (χ4v) is 1.92. The first-order chi connectivity index (χ1) is 7.67. The van der Waals surface area contributed by atoms with Crippen LogP contribution >= 0.6 is 0 Å². The summed E-state index contributed by atoms with van der Waals surface area (Å²) in [5.41, 5.74) is 6.20. The Labute approximate surface area is 101 Å². The highest BCUT2D eigenvalue weighted by Crippen LogP contribution is 2.23. The first-order valence-electron chi connectivity index (χ1n) is 5.18. The van der Waals surface area contributed by atoms with Crippen LogP contribution < -0.4 is 10.5 Å². The first-order valence-corrected chi connectivity index (χ1v) is 6.66. The Kier molecular flexibility index (Phi) is 3.78. The predicted molar refractivity (Wildman–Crippen MR) is 66.6 cm³/mol. The molecule has 0 saturated carbocycles. The van der Waals surface area contributed by atoms with Crippen LogP contribution in [0.2, 0.25) is 0 Å². The van der Waals surface area contributed by atoms with Gasteiger partial charge >= 0.3 is 0 Å². The number of benzene rings is 1. The Morgan fingerprint density at radius 1 is 1.35 bits per heavy atom. The molecule has 0 amide bonds. The van der Waals surface area contributed by atoms with Crippen LogP contribution in [0.5, 0.6) is 0 Å². The molecule has 0 radical (unpaired) electrons. The molecular weight excluding hydrogens is 243 g/mol. The van der Waals surface area contributed by atoms with Crippen molar-refractivity contribution in [3.8, 4) is 0 Å². The maximum absolute atomic E-state index is 13.0. The second kappa shape index (κ2) is 4.62. The molecule has 0 aliphatic carbocycles.